The molecule has 1 unspecified atom stereocenters. The quantitative estimate of drug-likeness (QED) is 0.742. The summed E-state index contributed by atoms with van der Waals surface area (Å²) in [6, 6.07) is 8.70. The Balaban J connectivity index is 1.67. The van der Waals surface area contributed by atoms with Gasteiger partial charge in [-0.3, -0.25) is 4.79 Å². The molecule has 4 rings (SSSR count). The number of benzene rings is 2. The highest BCUT2D eigenvalue weighted by atomic mass is 16.5. The van der Waals surface area contributed by atoms with Crippen LogP contribution in [0, 0.1) is 5.92 Å². The van der Waals surface area contributed by atoms with E-state index in [2.05, 4.69) is 6.92 Å². The van der Waals surface area contributed by atoms with E-state index in [4.69, 9.17) is 14.2 Å². The highest BCUT2D eigenvalue weighted by Crippen LogP contribution is 2.40. The number of hydrogen-bond donors (Lipinski definition) is 2. The van der Waals surface area contributed by atoms with E-state index < -0.39 is 0 Å². The SMILES string of the molecule is COc1cccc(/C=C2\Oc3c(ccc(O)c3C[NH+]3CCC[C@@H](C)C3)C2=O)c1OC. The molecule has 1 fully saturated rings. The van der Waals surface area contributed by atoms with Crippen LogP contribution in [0.25, 0.3) is 6.08 Å². The zero-order chi connectivity index (χ0) is 21.3. The van der Waals surface area contributed by atoms with Crippen molar-refractivity contribution < 1.29 is 29.0 Å². The van der Waals surface area contributed by atoms with Crippen molar-refractivity contribution in [1.82, 2.24) is 0 Å². The summed E-state index contributed by atoms with van der Waals surface area (Å²) < 4.78 is 16.8. The number of methoxy groups -OCH3 is 2. The zero-order valence-electron chi connectivity index (χ0n) is 17.7. The van der Waals surface area contributed by atoms with E-state index in [0.29, 0.717) is 46.4 Å². The van der Waals surface area contributed by atoms with Crippen molar-refractivity contribution in [1.29, 1.82) is 0 Å². The highest BCUT2D eigenvalue weighted by Gasteiger charge is 2.33. The van der Waals surface area contributed by atoms with E-state index in [9.17, 15) is 9.90 Å². The minimum atomic E-state index is -0.196. The van der Waals surface area contributed by atoms with Gasteiger partial charge in [-0.25, -0.2) is 0 Å². The number of fused-ring (bicyclic) bond motifs is 1. The Bertz CT molecular complexity index is 997. The molecule has 2 N–H and O–H groups in total. The van der Waals surface area contributed by atoms with Crippen LogP contribution in [0.4, 0.5) is 0 Å². The number of rotatable bonds is 5. The average molecular weight is 410 g/mol. The number of para-hydroxylation sites is 1. The summed E-state index contributed by atoms with van der Waals surface area (Å²) >= 11 is 0. The van der Waals surface area contributed by atoms with Crippen LogP contribution >= 0.6 is 0 Å². The summed E-state index contributed by atoms with van der Waals surface area (Å²) in [4.78, 5) is 14.4. The molecule has 30 heavy (non-hydrogen) atoms. The van der Waals surface area contributed by atoms with Crippen molar-refractivity contribution in [2.24, 2.45) is 5.92 Å². The molecule has 0 radical (unpaired) electrons. The molecule has 2 aliphatic heterocycles. The third-order valence-electron chi connectivity index (χ3n) is 5.93. The van der Waals surface area contributed by atoms with Crippen molar-refractivity contribution in [3.63, 3.8) is 0 Å². The molecule has 158 valence electrons. The molecular weight excluding hydrogens is 382 g/mol. The van der Waals surface area contributed by atoms with Crippen LogP contribution in [-0.4, -0.2) is 38.2 Å². The molecule has 6 heteroatoms. The number of Topliss-reactive ketones (excluding diaryl/α,β-unsaturated/α-hetero) is 1. The minimum Gasteiger partial charge on any atom is -0.507 e. The maximum absolute atomic E-state index is 13.0. The van der Waals surface area contributed by atoms with Gasteiger partial charge in [-0.05, 0) is 37.1 Å². The topological polar surface area (TPSA) is 69.4 Å². The summed E-state index contributed by atoms with van der Waals surface area (Å²) in [6.07, 6.45) is 4.08. The summed E-state index contributed by atoms with van der Waals surface area (Å²) in [7, 11) is 3.13. The Morgan fingerprint density at radius 3 is 2.80 bits per heavy atom. The van der Waals surface area contributed by atoms with Gasteiger partial charge in [-0.1, -0.05) is 19.1 Å². The standard InChI is InChI=1S/C24H27NO5/c1-15-6-5-11-25(13-15)14-18-19(26)10-9-17-22(27)21(30-24(17)18)12-16-7-4-8-20(28-2)23(16)29-3/h4,7-10,12,15,26H,5-6,11,13-14H2,1-3H3/p+1/b21-12-/t15-/m1/s1. The molecule has 2 aromatic rings. The third kappa shape index (κ3) is 3.75. The first-order valence-corrected chi connectivity index (χ1v) is 10.4. The third-order valence-corrected chi connectivity index (χ3v) is 5.93. The number of carbonyl (C=O) groups is 1. The van der Waals surface area contributed by atoms with Crippen molar-refractivity contribution >= 4 is 11.9 Å². The van der Waals surface area contributed by atoms with Gasteiger partial charge < -0.3 is 24.2 Å². The molecule has 2 heterocycles. The number of nitrogens with one attached hydrogen (secondary N) is 1. The molecule has 0 amide bonds. The zero-order valence-corrected chi connectivity index (χ0v) is 17.7. The van der Waals surface area contributed by atoms with Crippen LogP contribution in [0.5, 0.6) is 23.0 Å². The van der Waals surface area contributed by atoms with Crippen LogP contribution in [-0.2, 0) is 6.54 Å². The van der Waals surface area contributed by atoms with Crippen LogP contribution in [0.15, 0.2) is 36.1 Å². The summed E-state index contributed by atoms with van der Waals surface area (Å²) in [5.74, 6) is 2.44. The first-order chi connectivity index (χ1) is 14.5. The van der Waals surface area contributed by atoms with Crippen LogP contribution in [0.1, 0.15) is 41.3 Å². The van der Waals surface area contributed by atoms with E-state index in [1.165, 1.54) is 17.7 Å². The Morgan fingerprint density at radius 2 is 2.07 bits per heavy atom. The minimum absolute atomic E-state index is 0.174. The number of ketones is 1. The molecule has 0 aliphatic carbocycles. The number of carbonyl (C=O) groups excluding carboxylic acids is 1. The van der Waals surface area contributed by atoms with Crippen LogP contribution < -0.4 is 19.1 Å². The van der Waals surface area contributed by atoms with Crippen LogP contribution in [0.2, 0.25) is 0 Å². The van der Waals surface area contributed by atoms with Gasteiger partial charge in [0.15, 0.2) is 23.0 Å². The van der Waals surface area contributed by atoms with Gasteiger partial charge in [0.25, 0.3) is 0 Å². The lowest BCUT2D eigenvalue weighted by molar-refractivity contribution is -0.922. The van der Waals surface area contributed by atoms with Crippen LogP contribution in [0.3, 0.4) is 0 Å². The van der Waals surface area contributed by atoms with E-state index in [-0.39, 0.29) is 17.3 Å². The number of likely N-dealkylation sites (tertiary alicyclic amines) is 1. The van der Waals surface area contributed by atoms with Gasteiger partial charge in [0.1, 0.15) is 12.3 Å². The van der Waals surface area contributed by atoms with Crippen molar-refractivity contribution in [2.45, 2.75) is 26.3 Å². The van der Waals surface area contributed by atoms with E-state index in [1.807, 2.05) is 12.1 Å². The summed E-state index contributed by atoms with van der Waals surface area (Å²) in [6.45, 7) is 5.02. The fourth-order valence-electron chi connectivity index (χ4n) is 4.44. The Hall–Kier alpha value is -2.99. The van der Waals surface area contributed by atoms with E-state index in [1.54, 1.807) is 38.5 Å². The van der Waals surface area contributed by atoms with Gasteiger partial charge in [-0.15, -0.1) is 0 Å². The molecule has 0 saturated carbocycles. The van der Waals surface area contributed by atoms with E-state index in [0.717, 1.165) is 13.1 Å². The first kappa shape index (κ1) is 20.3. The first-order valence-electron chi connectivity index (χ1n) is 10.4. The van der Waals surface area contributed by atoms with Gasteiger partial charge in [0, 0.05) is 11.5 Å². The van der Waals surface area contributed by atoms with Gasteiger partial charge in [-0.2, -0.15) is 0 Å². The molecule has 0 spiro atoms. The molecule has 0 bridgehead atoms. The van der Waals surface area contributed by atoms with Crippen molar-refractivity contribution in [3.05, 3.63) is 52.8 Å². The fraction of sp³-hybridized carbons (Fsp3) is 0.375. The molecule has 6 nitrogen and oxygen atoms in total. The molecule has 2 aliphatic rings. The van der Waals surface area contributed by atoms with Gasteiger partial charge in [0.2, 0.25) is 5.78 Å². The van der Waals surface area contributed by atoms with Gasteiger partial charge in [0.05, 0.1) is 38.4 Å². The van der Waals surface area contributed by atoms with Crippen molar-refractivity contribution in [2.75, 3.05) is 27.3 Å². The number of phenolic OH excluding ortho intramolecular Hbond substituents is 1. The molecule has 2 atom stereocenters. The highest BCUT2D eigenvalue weighted by molar-refractivity contribution is 6.15. The lowest BCUT2D eigenvalue weighted by Crippen LogP contribution is -3.12. The largest absolute Gasteiger partial charge is 0.507 e. The van der Waals surface area contributed by atoms with E-state index >= 15 is 0 Å². The van der Waals surface area contributed by atoms with Gasteiger partial charge >= 0.3 is 0 Å². The summed E-state index contributed by atoms with van der Waals surface area (Å²) in [5, 5.41) is 10.5. The fourth-order valence-corrected chi connectivity index (χ4v) is 4.44. The molecular formula is C24H28NO5+. The predicted molar refractivity (Wildman–Crippen MR) is 113 cm³/mol. The molecule has 2 aromatic carbocycles. The smallest absolute Gasteiger partial charge is 0.231 e. The lowest BCUT2D eigenvalue weighted by Gasteiger charge is -2.28. The lowest BCUT2D eigenvalue weighted by atomic mass is 9.99. The number of aromatic hydroxyl groups is 1. The normalized spacial score (nSPS) is 22.0. The number of ether oxygens (including phenoxy) is 3. The number of phenols is 1. The number of allylic oxidation sites excluding steroid dienone is 1. The number of piperidine rings is 1. The Labute approximate surface area is 176 Å². The summed E-state index contributed by atoms with van der Waals surface area (Å²) in [5.41, 5.74) is 1.88. The number of quaternary nitrogens is 1. The Kier molecular flexibility index (Phi) is 5.68. The monoisotopic (exact) mass is 410 g/mol. The Morgan fingerprint density at radius 1 is 1.23 bits per heavy atom. The maximum Gasteiger partial charge on any atom is 0.231 e. The average Bonchev–Trinajstić information content (AvgIpc) is 3.05. The second-order valence-corrected chi connectivity index (χ2v) is 8.09. The van der Waals surface area contributed by atoms with Crippen molar-refractivity contribution in [3.8, 4) is 23.0 Å². The molecule has 0 aromatic heterocycles. The predicted octanol–water partition coefficient (Wildman–Crippen LogP) is 2.84. The molecule has 1 saturated heterocycles. The number of hydrogen-bond acceptors (Lipinski definition) is 5. The maximum atomic E-state index is 13.0. The second kappa shape index (κ2) is 8.40. The second-order valence-electron chi connectivity index (χ2n) is 8.09.